The molecule has 1 aromatic heterocycles. The molecule has 3 aromatic rings. The van der Waals surface area contributed by atoms with Gasteiger partial charge in [-0.25, -0.2) is 0 Å². The van der Waals surface area contributed by atoms with Gasteiger partial charge in [0.15, 0.2) is 0 Å². The Morgan fingerprint density at radius 2 is 1.82 bits per heavy atom. The van der Waals surface area contributed by atoms with Crippen LogP contribution in [0.15, 0.2) is 54.6 Å². The number of nitrogens with zero attached hydrogens (tertiary/aromatic N) is 1. The van der Waals surface area contributed by atoms with Crippen LogP contribution in [0.3, 0.4) is 0 Å². The molecule has 1 fully saturated rings. The van der Waals surface area contributed by atoms with Crippen LogP contribution >= 0.6 is 0 Å². The molecule has 0 radical (unpaired) electrons. The van der Waals surface area contributed by atoms with Crippen LogP contribution in [0.25, 0.3) is 10.9 Å². The molecule has 34 heavy (non-hydrogen) atoms. The van der Waals surface area contributed by atoms with Crippen LogP contribution in [0, 0.1) is 11.8 Å². The second kappa shape index (κ2) is 10.8. The van der Waals surface area contributed by atoms with Crippen molar-refractivity contribution in [2.24, 2.45) is 11.8 Å². The van der Waals surface area contributed by atoms with E-state index in [1.54, 1.807) is 7.11 Å². The number of fused-ring (bicyclic) bond motifs is 1. The van der Waals surface area contributed by atoms with Crippen molar-refractivity contribution in [2.45, 2.75) is 45.6 Å². The van der Waals surface area contributed by atoms with Crippen LogP contribution in [-0.2, 0) is 11.2 Å². The molecule has 0 aliphatic carbocycles. The summed E-state index contributed by atoms with van der Waals surface area (Å²) in [6, 6.07) is 18.2. The Morgan fingerprint density at radius 3 is 2.53 bits per heavy atom. The van der Waals surface area contributed by atoms with Crippen LogP contribution in [0.1, 0.15) is 49.2 Å². The zero-order chi connectivity index (χ0) is 24.1. The molecule has 0 spiro atoms. The van der Waals surface area contributed by atoms with Crippen LogP contribution in [0.2, 0.25) is 0 Å². The molecule has 6 nitrogen and oxygen atoms in total. The molecule has 6 heteroatoms. The van der Waals surface area contributed by atoms with Gasteiger partial charge in [0.05, 0.1) is 7.11 Å². The van der Waals surface area contributed by atoms with Gasteiger partial charge in [0.25, 0.3) is 5.91 Å². The fraction of sp³-hybridized carbons (Fsp3) is 0.429. The molecule has 2 atom stereocenters. The van der Waals surface area contributed by atoms with Crippen LogP contribution in [0.5, 0.6) is 5.75 Å². The smallest absolute Gasteiger partial charge is 0.270 e. The van der Waals surface area contributed by atoms with E-state index in [2.05, 4.69) is 29.4 Å². The minimum atomic E-state index is -0.0584. The summed E-state index contributed by atoms with van der Waals surface area (Å²) in [7, 11) is 1.63. The number of hydrogen-bond acceptors (Lipinski definition) is 3. The van der Waals surface area contributed by atoms with E-state index in [1.807, 2.05) is 54.3 Å². The SMILES string of the molecule is COc1ccc2cc(C(=O)N3CCC(C(C)C(=O)NC(C)CCc4ccccc4)CC3)[nH]c2c1. The number of aromatic nitrogens is 1. The van der Waals surface area contributed by atoms with Crippen molar-refractivity contribution < 1.29 is 14.3 Å². The first-order valence-electron chi connectivity index (χ1n) is 12.2. The van der Waals surface area contributed by atoms with Gasteiger partial charge in [-0.2, -0.15) is 0 Å². The average Bonchev–Trinajstić information content (AvgIpc) is 3.30. The number of methoxy groups -OCH3 is 1. The molecule has 0 saturated carbocycles. The van der Waals surface area contributed by atoms with Crippen LogP contribution < -0.4 is 10.1 Å². The lowest BCUT2D eigenvalue weighted by Crippen LogP contribution is -2.44. The first kappa shape index (κ1) is 23.9. The Morgan fingerprint density at radius 1 is 1.09 bits per heavy atom. The average molecular weight is 462 g/mol. The third kappa shape index (κ3) is 5.61. The second-order valence-electron chi connectivity index (χ2n) is 9.49. The summed E-state index contributed by atoms with van der Waals surface area (Å²) < 4.78 is 5.27. The second-order valence-corrected chi connectivity index (χ2v) is 9.49. The van der Waals surface area contributed by atoms with E-state index < -0.39 is 0 Å². The van der Waals surface area contributed by atoms with E-state index in [0.717, 1.165) is 42.3 Å². The molecule has 2 unspecified atom stereocenters. The van der Waals surface area contributed by atoms with Gasteiger partial charge in [0.1, 0.15) is 11.4 Å². The summed E-state index contributed by atoms with van der Waals surface area (Å²) in [6.07, 6.45) is 3.56. The maximum Gasteiger partial charge on any atom is 0.270 e. The fourth-order valence-corrected chi connectivity index (χ4v) is 4.81. The normalized spacial score (nSPS) is 16.3. The topological polar surface area (TPSA) is 74.4 Å². The summed E-state index contributed by atoms with van der Waals surface area (Å²) in [6.45, 7) is 5.43. The fourth-order valence-electron chi connectivity index (χ4n) is 4.81. The maximum atomic E-state index is 13.1. The number of benzene rings is 2. The van der Waals surface area contributed by atoms with E-state index in [4.69, 9.17) is 4.74 Å². The number of amides is 2. The van der Waals surface area contributed by atoms with Gasteiger partial charge in [-0.15, -0.1) is 0 Å². The van der Waals surface area contributed by atoms with E-state index >= 15 is 0 Å². The predicted octanol–water partition coefficient (Wildman–Crippen LogP) is 4.80. The molecule has 2 N–H and O–H groups in total. The van der Waals surface area contributed by atoms with E-state index in [-0.39, 0.29) is 29.7 Å². The molecular formula is C28H35N3O3. The summed E-state index contributed by atoms with van der Waals surface area (Å²) in [4.78, 5) is 31.0. The third-order valence-electron chi connectivity index (χ3n) is 7.11. The van der Waals surface area contributed by atoms with E-state index in [1.165, 1.54) is 5.56 Å². The highest BCUT2D eigenvalue weighted by molar-refractivity contribution is 5.98. The first-order valence-corrected chi connectivity index (χ1v) is 12.2. The van der Waals surface area contributed by atoms with Crippen molar-refractivity contribution in [3.8, 4) is 5.75 Å². The molecule has 2 heterocycles. The quantitative estimate of drug-likeness (QED) is 0.506. The molecule has 1 saturated heterocycles. The monoisotopic (exact) mass is 461 g/mol. The number of rotatable bonds is 8. The highest BCUT2D eigenvalue weighted by Gasteiger charge is 2.31. The highest BCUT2D eigenvalue weighted by Crippen LogP contribution is 2.27. The molecule has 0 bridgehead atoms. The third-order valence-corrected chi connectivity index (χ3v) is 7.11. The Hall–Kier alpha value is -3.28. The zero-order valence-corrected chi connectivity index (χ0v) is 20.3. The minimum Gasteiger partial charge on any atom is -0.497 e. The molecule has 2 aromatic carbocycles. The summed E-state index contributed by atoms with van der Waals surface area (Å²) in [5.74, 6) is 1.13. The Bertz CT molecular complexity index is 1120. The van der Waals surface area contributed by atoms with Crippen molar-refractivity contribution in [1.29, 1.82) is 0 Å². The van der Waals surface area contributed by atoms with Crippen molar-refractivity contribution in [3.63, 3.8) is 0 Å². The van der Waals surface area contributed by atoms with E-state index in [9.17, 15) is 9.59 Å². The number of hydrogen-bond donors (Lipinski definition) is 2. The first-order chi connectivity index (χ1) is 16.4. The van der Waals surface area contributed by atoms with Crippen LogP contribution in [0.4, 0.5) is 0 Å². The highest BCUT2D eigenvalue weighted by atomic mass is 16.5. The Labute approximate surface area is 201 Å². The number of H-pyrrole nitrogens is 1. The molecule has 1 aliphatic heterocycles. The number of carbonyl (C=O) groups is 2. The lowest BCUT2D eigenvalue weighted by atomic mass is 9.84. The standard InChI is InChI=1S/C28H35N3O3/c1-19(9-10-21-7-5-4-6-8-21)29-27(32)20(2)22-13-15-31(16-14-22)28(33)26-17-23-11-12-24(34-3)18-25(23)30-26/h4-8,11-12,17-20,22,30H,9-10,13-16H2,1-3H3,(H,29,32). The molecular weight excluding hydrogens is 426 g/mol. The molecule has 180 valence electrons. The van der Waals surface area contributed by atoms with Gasteiger partial charge in [0.2, 0.25) is 5.91 Å². The number of aromatic amines is 1. The zero-order valence-electron chi connectivity index (χ0n) is 20.3. The lowest BCUT2D eigenvalue weighted by molar-refractivity contribution is -0.127. The van der Waals surface area contributed by atoms with Gasteiger partial charge in [-0.05, 0) is 62.3 Å². The number of aryl methyl sites for hydroxylation is 1. The van der Waals surface area contributed by atoms with Gasteiger partial charge < -0.3 is 19.9 Å². The predicted molar refractivity (Wildman–Crippen MR) is 135 cm³/mol. The summed E-state index contributed by atoms with van der Waals surface area (Å²) >= 11 is 0. The summed E-state index contributed by atoms with van der Waals surface area (Å²) in [5, 5.41) is 4.19. The van der Waals surface area contributed by atoms with Gasteiger partial charge >= 0.3 is 0 Å². The van der Waals surface area contributed by atoms with Crippen molar-refractivity contribution in [2.75, 3.05) is 20.2 Å². The molecule has 2 amide bonds. The number of ether oxygens (including phenoxy) is 1. The largest absolute Gasteiger partial charge is 0.497 e. The van der Waals surface area contributed by atoms with Crippen LogP contribution in [-0.4, -0.2) is 47.9 Å². The molecule has 1 aliphatic rings. The van der Waals surface area contributed by atoms with Crippen molar-refractivity contribution in [1.82, 2.24) is 15.2 Å². The number of likely N-dealkylation sites (tertiary alicyclic amines) is 1. The lowest BCUT2D eigenvalue weighted by Gasteiger charge is -2.34. The summed E-state index contributed by atoms with van der Waals surface area (Å²) in [5.41, 5.74) is 2.78. The number of carbonyl (C=O) groups excluding carboxylic acids is 2. The van der Waals surface area contributed by atoms with Gasteiger partial charge in [-0.3, -0.25) is 9.59 Å². The number of piperidine rings is 1. The Kier molecular flexibility index (Phi) is 7.56. The van der Waals surface area contributed by atoms with E-state index in [0.29, 0.717) is 18.8 Å². The number of nitrogens with one attached hydrogen (secondary N) is 2. The van der Waals surface area contributed by atoms with Crippen molar-refractivity contribution in [3.05, 3.63) is 65.9 Å². The molecule has 4 rings (SSSR count). The van der Waals surface area contributed by atoms with Gasteiger partial charge in [-0.1, -0.05) is 37.3 Å². The Balaban J connectivity index is 1.26. The maximum absolute atomic E-state index is 13.1. The van der Waals surface area contributed by atoms with Gasteiger partial charge in [0, 0.05) is 42.0 Å². The van der Waals surface area contributed by atoms with Crippen molar-refractivity contribution >= 4 is 22.7 Å². The minimum absolute atomic E-state index is 0.0141.